The molecule has 0 unspecified atom stereocenters. The van der Waals surface area contributed by atoms with E-state index in [0.29, 0.717) is 16.6 Å². The lowest BCUT2D eigenvalue weighted by atomic mass is 10.2. The standard InChI is InChI=1S/C16H18FN3O3S/c1-16(2,3)23-15(21)20-14-19-10(9-24-14)5-6-13-12(17)7-11(22-4)8-18-13/h5-9H,1-4H3,(H,19,20,21). The quantitative estimate of drug-likeness (QED) is 0.893. The van der Waals surface area contributed by atoms with E-state index in [1.54, 1.807) is 32.2 Å². The zero-order valence-corrected chi connectivity index (χ0v) is 14.6. The van der Waals surface area contributed by atoms with Gasteiger partial charge in [-0.25, -0.2) is 19.2 Å². The van der Waals surface area contributed by atoms with Crippen LogP contribution in [0.2, 0.25) is 0 Å². The summed E-state index contributed by atoms with van der Waals surface area (Å²) in [6.45, 7) is 5.33. The second-order valence-corrected chi connectivity index (χ2v) is 6.64. The average molecular weight is 351 g/mol. The second kappa shape index (κ2) is 7.39. The van der Waals surface area contributed by atoms with Gasteiger partial charge in [0.15, 0.2) is 10.9 Å². The number of ether oxygens (including phenoxy) is 2. The number of carbonyl (C=O) groups excluding carboxylic acids is 1. The van der Waals surface area contributed by atoms with Crippen molar-refractivity contribution in [1.29, 1.82) is 0 Å². The third kappa shape index (κ3) is 5.31. The number of carbonyl (C=O) groups is 1. The van der Waals surface area contributed by atoms with Gasteiger partial charge in [0.2, 0.25) is 0 Å². The highest BCUT2D eigenvalue weighted by Crippen LogP contribution is 2.20. The van der Waals surface area contributed by atoms with Crippen molar-refractivity contribution in [3.8, 4) is 5.75 Å². The van der Waals surface area contributed by atoms with E-state index in [-0.39, 0.29) is 5.69 Å². The molecule has 0 spiro atoms. The SMILES string of the molecule is COc1cnc(C=Cc2csc(NC(=O)OC(C)(C)C)n2)c(F)c1. The Hall–Kier alpha value is -2.48. The number of aromatic nitrogens is 2. The first-order valence-corrected chi connectivity index (χ1v) is 7.98. The summed E-state index contributed by atoms with van der Waals surface area (Å²) in [5.41, 5.74) is 0.162. The Bertz CT molecular complexity index is 753. The molecule has 2 aromatic heterocycles. The Morgan fingerprint density at radius 3 is 2.75 bits per heavy atom. The first-order chi connectivity index (χ1) is 11.3. The zero-order valence-electron chi connectivity index (χ0n) is 13.8. The van der Waals surface area contributed by atoms with Gasteiger partial charge < -0.3 is 9.47 Å². The van der Waals surface area contributed by atoms with Gasteiger partial charge in [-0.1, -0.05) is 0 Å². The molecule has 0 bridgehead atoms. The van der Waals surface area contributed by atoms with Crippen LogP contribution in [0.1, 0.15) is 32.2 Å². The fraction of sp³-hybridized carbons (Fsp3) is 0.312. The lowest BCUT2D eigenvalue weighted by Crippen LogP contribution is -2.27. The van der Waals surface area contributed by atoms with E-state index in [2.05, 4.69) is 15.3 Å². The number of amides is 1. The number of pyridine rings is 1. The van der Waals surface area contributed by atoms with Crippen LogP contribution in [0, 0.1) is 5.82 Å². The molecular weight excluding hydrogens is 333 g/mol. The van der Waals surface area contributed by atoms with Crippen molar-refractivity contribution in [1.82, 2.24) is 9.97 Å². The number of rotatable bonds is 4. The number of hydrogen-bond donors (Lipinski definition) is 1. The van der Waals surface area contributed by atoms with Crippen LogP contribution in [0.4, 0.5) is 14.3 Å². The van der Waals surface area contributed by atoms with E-state index in [0.717, 1.165) is 0 Å². The lowest BCUT2D eigenvalue weighted by molar-refractivity contribution is 0.0636. The maximum Gasteiger partial charge on any atom is 0.413 e. The van der Waals surface area contributed by atoms with Gasteiger partial charge in [-0.2, -0.15) is 0 Å². The lowest BCUT2D eigenvalue weighted by Gasteiger charge is -2.18. The summed E-state index contributed by atoms with van der Waals surface area (Å²) >= 11 is 1.24. The van der Waals surface area contributed by atoms with Crippen molar-refractivity contribution >= 4 is 34.7 Å². The molecule has 0 aromatic carbocycles. The predicted molar refractivity (Wildman–Crippen MR) is 91.6 cm³/mol. The van der Waals surface area contributed by atoms with Crippen molar-refractivity contribution in [3.05, 3.63) is 34.8 Å². The van der Waals surface area contributed by atoms with Crippen molar-refractivity contribution < 1.29 is 18.7 Å². The van der Waals surface area contributed by atoms with Gasteiger partial charge in [0, 0.05) is 11.4 Å². The van der Waals surface area contributed by atoms with Crippen molar-refractivity contribution in [2.45, 2.75) is 26.4 Å². The fourth-order valence-corrected chi connectivity index (χ4v) is 2.30. The van der Waals surface area contributed by atoms with E-state index in [9.17, 15) is 9.18 Å². The van der Waals surface area contributed by atoms with E-state index in [1.807, 2.05) is 0 Å². The fourth-order valence-electron chi connectivity index (χ4n) is 1.64. The molecular formula is C16H18FN3O3S. The van der Waals surface area contributed by atoms with Gasteiger partial charge in [0.05, 0.1) is 24.7 Å². The largest absolute Gasteiger partial charge is 0.495 e. The third-order valence-corrected chi connectivity index (χ3v) is 3.40. The Morgan fingerprint density at radius 2 is 2.12 bits per heavy atom. The van der Waals surface area contributed by atoms with Crippen LogP contribution in [0.3, 0.4) is 0 Å². The smallest absolute Gasteiger partial charge is 0.413 e. The summed E-state index contributed by atoms with van der Waals surface area (Å²) < 4.78 is 23.8. The van der Waals surface area contributed by atoms with E-state index in [1.165, 1.54) is 36.8 Å². The molecule has 128 valence electrons. The normalized spacial score (nSPS) is 11.5. The van der Waals surface area contributed by atoms with Gasteiger partial charge in [-0.15, -0.1) is 11.3 Å². The minimum Gasteiger partial charge on any atom is -0.495 e. The van der Waals surface area contributed by atoms with Crippen LogP contribution in [-0.4, -0.2) is 28.8 Å². The number of thiazole rings is 1. The molecule has 0 radical (unpaired) electrons. The summed E-state index contributed by atoms with van der Waals surface area (Å²) in [5, 5.41) is 4.67. The summed E-state index contributed by atoms with van der Waals surface area (Å²) in [7, 11) is 1.44. The van der Waals surface area contributed by atoms with Crippen molar-refractivity contribution in [2.24, 2.45) is 0 Å². The van der Waals surface area contributed by atoms with Gasteiger partial charge >= 0.3 is 6.09 Å². The maximum absolute atomic E-state index is 13.8. The molecule has 2 heterocycles. The van der Waals surface area contributed by atoms with Gasteiger partial charge in [-0.3, -0.25) is 5.32 Å². The highest BCUT2D eigenvalue weighted by atomic mass is 32.1. The molecule has 2 aromatic rings. The molecule has 0 fully saturated rings. The number of nitrogens with one attached hydrogen (secondary N) is 1. The molecule has 0 aliphatic carbocycles. The van der Waals surface area contributed by atoms with Crippen molar-refractivity contribution in [3.63, 3.8) is 0 Å². The average Bonchev–Trinajstić information content (AvgIpc) is 2.91. The molecule has 0 atom stereocenters. The van der Waals surface area contributed by atoms with E-state index in [4.69, 9.17) is 9.47 Å². The molecule has 0 saturated carbocycles. The van der Waals surface area contributed by atoms with Crippen LogP contribution < -0.4 is 10.1 Å². The van der Waals surface area contributed by atoms with Crippen LogP contribution in [-0.2, 0) is 4.74 Å². The summed E-state index contributed by atoms with van der Waals surface area (Å²) in [6, 6.07) is 1.25. The highest BCUT2D eigenvalue weighted by Gasteiger charge is 2.17. The number of methoxy groups -OCH3 is 1. The number of hydrogen-bond acceptors (Lipinski definition) is 6. The minimum atomic E-state index is -0.582. The monoisotopic (exact) mass is 351 g/mol. The van der Waals surface area contributed by atoms with Crippen LogP contribution in [0.15, 0.2) is 17.6 Å². The van der Waals surface area contributed by atoms with Gasteiger partial charge in [0.25, 0.3) is 0 Å². The van der Waals surface area contributed by atoms with E-state index < -0.39 is 17.5 Å². The van der Waals surface area contributed by atoms with Gasteiger partial charge in [0.1, 0.15) is 11.4 Å². The number of anilines is 1. The minimum absolute atomic E-state index is 0.172. The van der Waals surface area contributed by atoms with Crippen molar-refractivity contribution in [2.75, 3.05) is 12.4 Å². The number of nitrogens with zero attached hydrogens (tertiary/aromatic N) is 2. The first kappa shape index (κ1) is 17.9. The molecule has 1 N–H and O–H groups in total. The molecule has 1 amide bonds. The van der Waals surface area contributed by atoms with E-state index >= 15 is 0 Å². The van der Waals surface area contributed by atoms with Crippen LogP contribution >= 0.6 is 11.3 Å². The molecule has 6 nitrogen and oxygen atoms in total. The predicted octanol–water partition coefficient (Wildman–Crippen LogP) is 4.20. The summed E-state index contributed by atoms with van der Waals surface area (Å²) in [5.74, 6) is -0.143. The van der Waals surface area contributed by atoms with Crippen LogP contribution in [0.5, 0.6) is 5.75 Å². The molecule has 0 aliphatic heterocycles. The highest BCUT2D eigenvalue weighted by molar-refractivity contribution is 7.14. The summed E-state index contributed by atoms with van der Waals surface area (Å²) in [4.78, 5) is 19.8. The Morgan fingerprint density at radius 1 is 1.38 bits per heavy atom. The van der Waals surface area contributed by atoms with Gasteiger partial charge in [-0.05, 0) is 32.9 Å². The Kier molecular flexibility index (Phi) is 5.50. The maximum atomic E-state index is 13.8. The first-order valence-electron chi connectivity index (χ1n) is 7.10. The molecule has 2 rings (SSSR count). The molecule has 0 saturated heterocycles. The number of halogens is 1. The van der Waals surface area contributed by atoms with Crippen LogP contribution in [0.25, 0.3) is 12.2 Å². The molecule has 0 aliphatic rings. The molecule has 24 heavy (non-hydrogen) atoms. The summed E-state index contributed by atoms with van der Waals surface area (Å²) in [6.07, 6.45) is 3.96. The molecule has 8 heteroatoms. The Labute approximate surface area is 143 Å². The zero-order chi connectivity index (χ0) is 17.7. The topological polar surface area (TPSA) is 73.3 Å². The second-order valence-electron chi connectivity index (χ2n) is 5.78. The Balaban J connectivity index is 2.02. The third-order valence-electron chi connectivity index (χ3n) is 2.62.